The molecule has 0 unspecified atom stereocenters. The lowest BCUT2D eigenvalue weighted by molar-refractivity contribution is -0.118. The number of rotatable bonds is 7. The van der Waals surface area contributed by atoms with Crippen molar-refractivity contribution in [2.45, 2.75) is 39.0 Å². The van der Waals surface area contributed by atoms with Gasteiger partial charge in [-0.25, -0.2) is 4.98 Å². The predicted octanol–water partition coefficient (Wildman–Crippen LogP) is 2.08. The SMILES string of the molecule is Cc1nc(CC(=O)CCCCCN)cs1. The summed E-state index contributed by atoms with van der Waals surface area (Å²) in [5, 5.41) is 2.99. The number of carbonyl (C=O) groups is 1. The van der Waals surface area contributed by atoms with Crippen LogP contribution in [0.4, 0.5) is 0 Å². The van der Waals surface area contributed by atoms with Gasteiger partial charge in [0.05, 0.1) is 10.7 Å². The Morgan fingerprint density at radius 3 is 2.87 bits per heavy atom. The van der Waals surface area contributed by atoms with E-state index < -0.39 is 0 Å². The summed E-state index contributed by atoms with van der Waals surface area (Å²) in [6, 6.07) is 0. The van der Waals surface area contributed by atoms with E-state index in [2.05, 4.69) is 4.98 Å². The molecule has 0 amide bonds. The van der Waals surface area contributed by atoms with E-state index in [4.69, 9.17) is 5.73 Å². The van der Waals surface area contributed by atoms with Crippen molar-refractivity contribution in [3.63, 3.8) is 0 Å². The molecule has 0 atom stereocenters. The van der Waals surface area contributed by atoms with Crippen molar-refractivity contribution < 1.29 is 4.79 Å². The van der Waals surface area contributed by atoms with Crippen LogP contribution in [-0.4, -0.2) is 17.3 Å². The smallest absolute Gasteiger partial charge is 0.138 e. The van der Waals surface area contributed by atoms with E-state index in [0.717, 1.165) is 36.5 Å². The Morgan fingerprint density at radius 1 is 1.47 bits per heavy atom. The minimum Gasteiger partial charge on any atom is -0.330 e. The van der Waals surface area contributed by atoms with Gasteiger partial charge in [0.2, 0.25) is 0 Å². The molecule has 15 heavy (non-hydrogen) atoms. The first-order valence-electron chi connectivity index (χ1n) is 5.35. The van der Waals surface area contributed by atoms with Crippen molar-refractivity contribution in [1.82, 2.24) is 4.98 Å². The average molecular weight is 226 g/mol. The van der Waals surface area contributed by atoms with Crippen molar-refractivity contribution in [2.75, 3.05) is 6.54 Å². The summed E-state index contributed by atoms with van der Waals surface area (Å²) in [5.41, 5.74) is 6.30. The van der Waals surface area contributed by atoms with Gasteiger partial charge in [-0.3, -0.25) is 4.79 Å². The van der Waals surface area contributed by atoms with E-state index in [9.17, 15) is 4.79 Å². The molecule has 0 saturated carbocycles. The number of nitrogens with two attached hydrogens (primary N) is 1. The summed E-state index contributed by atoms with van der Waals surface area (Å²) in [6.07, 6.45) is 4.18. The fourth-order valence-corrected chi connectivity index (χ4v) is 2.04. The predicted molar refractivity (Wildman–Crippen MR) is 63.1 cm³/mol. The summed E-state index contributed by atoms with van der Waals surface area (Å²) in [5.74, 6) is 0.289. The Bertz CT molecular complexity index is 309. The normalized spacial score (nSPS) is 10.5. The quantitative estimate of drug-likeness (QED) is 0.724. The standard InChI is InChI=1S/C11H18N2OS/c1-9-13-10(8-15-9)7-11(14)5-3-2-4-6-12/h8H,2-7,12H2,1H3. The van der Waals surface area contributed by atoms with Crippen LogP contribution in [0.25, 0.3) is 0 Å². The lowest BCUT2D eigenvalue weighted by Crippen LogP contribution is -2.04. The van der Waals surface area contributed by atoms with Gasteiger partial charge in [0, 0.05) is 18.2 Å². The second-order valence-corrected chi connectivity index (χ2v) is 4.73. The summed E-state index contributed by atoms with van der Waals surface area (Å²) < 4.78 is 0. The molecule has 0 aromatic carbocycles. The van der Waals surface area contributed by atoms with E-state index in [1.54, 1.807) is 11.3 Å². The van der Waals surface area contributed by atoms with Crippen LogP contribution in [0, 0.1) is 6.92 Å². The maximum absolute atomic E-state index is 11.5. The number of aromatic nitrogens is 1. The third-order valence-electron chi connectivity index (χ3n) is 2.20. The van der Waals surface area contributed by atoms with Crippen molar-refractivity contribution in [3.05, 3.63) is 16.1 Å². The first-order chi connectivity index (χ1) is 7.22. The maximum Gasteiger partial charge on any atom is 0.138 e. The van der Waals surface area contributed by atoms with E-state index in [-0.39, 0.29) is 5.78 Å². The van der Waals surface area contributed by atoms with E-state index >= 15 is 0 Å². The Balaban J connectivity index is 2.18. The number of nitrogens with zero attached hydrogens (tertiary/aromatic N) is 1. The zero-order chi connectivity index (χ0) is 11.1. The Morgan fingerprint density at radius 2 is 2.27 bits per heavy atom. The summed E-state index contributed by atoms with van der Waals surface area (Å²) in [6.45, 7) is 2.68. The molecule has 1 rings (SSSR count). The lowest BCUT2D eigenvalue weighted by atomic mass is 10.1. The molecule has 0 aliphatic heterocycles. The van der Waals surface area contributed by atoms with Crippen LogP contribution in [0.15, 0.2) is 5.38 Å². The maximum atomic E-state index is 11.5. The van der Waals surface area contributed by atoms with Crippen molar-refractivity contribution in [2.24, 2.45) is 5.73 Å². The molecule has 0 spiro atoms. The van der Waals surface area contributed by atoms with E-state index in [0.29, 0.717) is 12.8 Å². The number of hydrogen-bond donors (Lipinski definition) is 1. The van der Waals surface area contributed by atoms with Crippen molar-refractivity contribution in [1.29, 1.82) is 0 Å². The van der Waals surface area contributed by atoms with Gasteiger partial charge >= 0.3 is 0 Å². The molecule has 0 saturated heterocycles. The number of aryl methyl sites for hydroxylation is 1. The van der Waals surface area contributed by atoms with Crippen LogP contribution in [0.3, 0.4) is 0 Å². The van der Waals surface area contributed by atoms with Crippen LogP contribution in [0.2, 0.25) is 0 Å². The van der Waals surface area contributed by atoms with Crippen LogP contribution >= 0.6 is 11.3 Å². The number of Topliss-reactive ketones (excluding diaryl/α,β-unsaturated/α-hetero) is 1. The topological polar surface area (TPSA) is 56.0 Å². The van der Waals surface area contributed by atoms with Gasteiger partial charge in [0.15, 0.2) is 0 Å². The molecule has 0 bridgehead atoms. The molecule has 0 radical (unpaired) electrons. The van der Waals surface area contributed by atoms with Crippen molar-refractivity contribution in [3.8, 4) is 0 Å². The van der Waals surface area contributed by atoms with E-state index in [1.165, 1.54) is 0 Å². The molecule has 84 valence electrons. The van der Waals surface area contributed by atoms with Gasteiger partial charge in [0.1, 0.15) is 5.78 Å². The highest BCUT2D eigenvalue weighted by Crippen LogP contribution is 2.10. The molecule has 1 aromatic rings. The van der Waals surface area contributed by atoms with Crippen LogP contribution in [0.5, 0.6) is 0 Å². The fraction of sp³-hybridized carbons (Fsp3) is 0.636. The van der Waals surface area contributed by atoms with Gasteiger partial charge < -0.3 is 5.73 Å². The number of carbonyl (C=O) groups excluding carboxylic acids is 1. The second kappa shape index (κ2) is 6.69. The van der Waals surface area contributed by atoms with E-state index in [1.807, 2.05) is 12.3 Å². The monoisotopic (exact) mass is 226 g/mol. The summed E-state index contributed by atoms with van der Waals surface area (Å²) in [7, 11) is 0. The van der Waals surface area contributed by atoms with Crippen molar-refractivity contribution >= 4 is 17.1 Å². The molecule has 0 fully saturated rings. The third-order valence-corrected chi connectivity index (χ3v) is 3.03. The molecule has 4 heteroatoms. The second-order valence-electron chi connectivity index (χ2n) is 3.67. The largest absolute Gasteiger partial charge is 0.330 e. The number of unbranched alkanes of at least 4 members (excludes halogenated alkanes) is 2. The summed E-state index contributed by atoms with van der Waals surface area (Å²) >= 11 is 1.60. The first-order valence-corrected chi connectivity index (χ1v) is 6.23. The van der Waals surface area contributed by atoms with Gasteiger partial charge in [-0.05, 0) is 26.3 Å². The Kier molecular flexibility index (Phi) is 5.50. The van der Waals surface area contributed by atoms with Gasteiger partial charge in [-0.1, -0.05) is 6.42 Å². The molecule has 1 aromatic heterocycles. The summed E-state index contributed by atoms with van der Waals surface area (Å²) in [4.78, 5) is 15.8. The highest BCUT2D eigenvalue weighted by Gasteiger charge is 2.05. The molecule has 0 aliphatic carbocycles. The van der Waals surface area contributed by atoms with Gasteiger partial charge in [-0.15, -0.1) is 11.3 Å². The Hall–Kier alpha value is -0.740. The number of thiazole rings is 1. The molecule has 0 aliphatic rings. The minimum absolute atomic E-state index is 0.289. The molecular weight excluding hydrogens is 208 g/mol. The van der Waals surface area contributed by atoms with Gasteiger partial charge in [0.25, 0.3) is 0 Å². The number of ketones is 1. The van der Waals surface area contributed by atoms with Crippen LogP contribution in [-0.2, 0) is 11.2 Å². The lowest BCUT2D eigenvalue weighted by Gasteiger charge is -1.98. The molecular formula is C11H18N2OS. The zero-order valence-electron chi connectivity index (χ0n) is 9.16. The van der Waals surface area contributed by atoms with Gasteiger partial charge in [-0.2, -0.15) is 0 Å². The average Bonchev–Trinajstić information content (AvgIpc) is 2.59. The minimum atomic E-state index is 0.289. The van der Waals surface area contributed by atoms with Crippen LogP contribution in [0.1, 0.15) is 36.4 Å². The third kappa shape index (κ3) is 5.04. The highest BCUT2D eigenvalue weighted by molar-refractivity contribution is 7.09. The molecule has 2 N–H and O–H groups in total. The Labute approximate surface area is 94.7 Å². The molecule has 1 heterocycles. The zero-order valence-corrected chi connectivity index (χ0v) is 9.98. The molecule has 3 nitrogen and oxygen atoms in total. The van der Waals surface area contributed by atoms with Crippen LogP contribution < -0.4 is 5.73 Å². The fourth-order valence-electron chi connectivity index (χ4n) is 1.42. The first kappa shape index (κ1) is 12.3. The highest BCUT2D eigenvalue weighted by atomic mass is 32.1. The number of hydrogen-bond acceptors (Lipinski definition) is 4.